The van der Waals surface area contributed by atoms with E-state index in [2.05, 4.69) is 33.0 Å². The van der Waals surface area contributed by atoms with Gasteiger partial charge in [0.2, 0.25) is 0 Å². The van der Waals surface area contributed by atoms with E-state index >= 15 is 0 Å². The van der Waals surface area contributed by atoms with Crippen LogP contribution in [-0.4, -0.2) is 17.1 Å². The third-order valence-corrected chi connectivity index (χ3v) is 5.14. The molecule has 0 amide bonds. The molecular formula is C22H16BrClN2O. The van der Waals surface area contributed by atoms with E-state index in [-0.39, 0.29) is 0 Å². The number of aromatic amines is 1. The van der Waals surface area contributed by atoms with Crippen molar-refractivity contribution >= 4 is 27.5 Å². The molecule has 0 unspecified atom stereocenters. The lowest BCUT2D eigenvalue weighted by Crippen LogP contribution is -1.86. The molecule has 0 saturated heterocycles. The number of halogens is 2. The smallest absolute Gasteiger partial charge is 0.138 e. The molecule has 134 valence electrons. The SMILES string of the molecule is COc1ccc(-c2nc(-c3cccc(Cl)c3)c(-c3ccccc3)[nH]2)cc1Br. The van der Waals surface area contributed by atoms with Crippen molar-refractivity contribution in [3.63, 3.8) is 0 Å². The summed E-state index contributed by atoms with van der Waals surface area (Å²) in [7, 11) is 1.65. The second-order valence-electron chi connectivity index (χ2n) is 6.03. The summed E-state index contributed by atoms with van der Waals surface area (Å²) in [4.78, 5) is 8.37. The Morgan fingerprint density at radius 1 is 0.889 bits per heavy atom. The largest absolute Gasteiger partial charge is 0.496 e. The Bertz CT molecular complexity index is 1090. The lowest BCUT2D eigenvalue weighted by atomic mass is 10.1. The predicted molar refractivity (Wildman–Crippen MR) is 114 cm³/mol. The molecular weight excluding hydrogens is 424 g/mol. The van der Waals surface area contributed by atoms with Gasteiger partial charge < -0.3 is 9.72 Å². The standard InChI is InChI=1S/C22H16BrClN2O/c1-27-19-11-10-16(13-18(19)23)22-25-20(14-6-3-2-4-7-14)21(26-22)15-8-5-9-17(24)12-15/h2-13H,1H3,(H,25,26). The number of nitrogens with zero attached hydrogens (tertiary/aromatic N) is 1. The van der Waals surface area contributed by atoms with E-state index in [0.29, 0.717) is 5.02 Å². The molecule has 1 N–H and O–H groups in total. The zero-order valence-corrected chi connectivity index (χ0v) is 16.9. The number of ether oxygens (including phenoxy) is 1. The van der Waals surface area contributed by atoms with Crippen molar-refractivity contribution in [1.29, 1.82) is 0 Å². The van der Waals surface area contributed by atoms with E-state index in [9.17, 15) is 0 Å². The minimum atomic E-state index is 0.684. The molecule has 0 aliphatic rings. The molecule has 0 saturated carbocycles. The maximum absolute atomic E-state index is 6.21. The maximum Gasteiger partial charge on any atom is 0.138 e. The molecule has 27 heavy (non-hydrogen) atoms. The lowest BCUT2D eigenvalue weighted by molar-refractivity contribution is 0.412. The van der Waals surface area contributed by atoms with Crippen LogP contribution >= 0.6 is 27.5 Å². The van der Waals surface area contributed by atoms with E-state index in [0.717, 1.165) is 44.1 Å². The van der Waals surface area contributed by atoms with Crippen LogP contribution in [0.4, 0.5) is 0 Å². The number of hydrogen-bond acceptors (Lipinski definition) is 2. The molecule has 4 aromatic rings. The minimum absolute atomic E-state index is 0.684. The Balaban J connectivity index is 1.89. The molecule has 1 aromatic heterocycles. The quantitative estimate of drug-likeness (QED) is 0.378. The zero-order valence-electron chi connectivity index (χ0n) is 14.5. The number of rotatable bonds is 4. The number of benzene rings is 3. The van der Waals surface area contributed by atoms with Crippen molar-refractivity contribution in [2.45, 2.75) is 0 Å². The fraction of sp³-hybridized carbons (Fsp3) is 0.0455. The molecule has 0 fully saturated rings. The van der Waals surface area contributed by atoms with Crippen molar-refractivity contribution in [2.24, 2.45) is 0 Å². The fourth-order valence-corrected chi connectivity index (χ4v) is 3.71. The van der Waals surface area contributed by atoms with Gasteiger partial charge in [-0.1, -0.05) is 54.1 Å². The molecule has 0 aliphatic heterocycles. The lowest BCUT2D eigenvalue weighted by Gasteiger charge is -2.04. The summed E-state index contributed by atoms with van der Waals surface area (Å²) in [5.74, 6) is 1.57. The first-order valence-electron chi connectivity index (χ1n) is 8.41. The Morgan fingerprint density at radius 2 is 1.67 bits per heavy atom. The highest BCUT2D eigenvalue weighted by atomic mass is 79.9. The van der Waals surface area contributed by atoms with Crippen LogP contribution in [0.25, 0.3) is 33.9 Å². The third kappa shape index (κ3) is 3.64. The summed E-state index contributed by atoms with van der Waals surface area (Å²) >= 11 is 9.76. The second-order valence-corrected chi connectivity index (χ2v) is 7.33. The number of methoxy groups -OCH3 is 1. The first kappa shape index (κ1) is 17.8. The Hall–Kier alpha value is -2.56. The molecule has 1 heterocycles. The fourth-order valence-electron chi connectivity index (χ4n) is 2.98. The van der Waals surface area contributed by atoms with Gasteiger partial charge in [-0.15, -0.1) is 0 Å². The number of H-pyrrole nitrogens is 1. The summed E-state index contributed by atoms with van der Waals surface area (Å²) < 4.78 is 6.20. The molecule has 0 atom stereocenters. The van der Waals surface area contributed by atoms with E-state index in [1.807, 2.05) is 60.7 Å². The number of aromatic nitrogens is 2. The maximum atomic E-state index is 6.21. The number of hydrogen-bond donors (Lipinski definition) is 1. The highest BCUT2D eigenvalue weighted by Crippen LogP contribution is 2.35. The first-order chi connectivity index (χ1) is 13.2. The molecule has 3 nitrogen and oxygen atoms in total. The van der Waals surface area contributed by atoms with Crippen molar-refractivity contribution in [3.05, 3.63) is 82.3 Å². The van der Waals surface area contributed by atoms with Crippen LogP contribution in [0.2, 0.25) is 5.02 Å². The predicted octanol–water partition coefficient (Wildman–Crippen LogP) is 6.84. The van der Waals surface area contributed by atoms with Crippen LogP contribution in [0.3, 0.4) is 0 Å². The highest BCUT2D eigenvalue weighted by molar-refractivity contribution is 9.10. The third-order valence-electron chi connectivity index (χ3n) is 4.29. The van der Waals surface area contributed by atoms with Gasteiger partial charge in [0.25, 0.3) is 0 Å². The van der Waals surface area contributed by atoms with E-state index in [1.165, 1.54) is 0 Å². The van der Waals surface area contributed by atoms with Crippen molar-refractivity contribution in [3.8, 4) is 39.7 Å². The molecule has 3 aromatic carbocycles. The molecule has 5 heteroatoms. The zero-order chi connectivity index (χ0) is 18.8. The second kappa shape index (κ2) is 7.59. The van der Waals surface area contributed by atoms with Gasteiger partial charge in [0.05, 0.1) is 23.0 Å². The van der Waals surface area contributed by atoms with Crippen LogP contribution in [0.5, 0.6) is 5.75 Å². The summed E-state index contributed by atoms with van der Waals surface area (Å²) in [5.41, 5.74) is 4.83. The van der Waals surface area contributed by atoms with Crippen LogP contribution in [0.15, 0.2) is 77.3 Å². The van der Waals surface area contributed by atoms with Crippen molar-refractivity contribution in [2.75, 3.05) is 7.11 Å². The van der Waals surface area contributed by atoms with Crippen LogP contribution in [0.1, 0.15) is 0 Å². The molecule has 0 aliphatic carbocycles. The van der Waals surface area contributed by atoms with Gasteiger partial charge in [-0.05, 0) is 46.3 Å². The number of nitrogens with one attached hydrogen (secondary N) is 1. The minimum Gasteiger partial charge on any atom is -0.496 e. The Morgan fingerprint density at radius 3 is 2.37 bits per heavy atom. The van der Waals surface area contributed by atoms with Gasteiger partial charge in [0.1, 0.15) is 11.6 Å². The Labute approximate surface area is 171 Å². The molecule has 0 bridgehead atoms. The van der Waals surface area contributed by atoms with Gasteiger partial charge in [-0.25, -0.2) is 4.98 Å². The summed E-state index contributed by atoms with van der Waals surface area (Å²) in [6.45, 7) is 0. The van der Waals surface area contributed by atoms with Crippen LogP contribution in [0, 0.1) is 0 Å². The van der Waals surface area contributed by atoms with Gasteiger partial charge in [0.15, 0.2) is 0 Å². The Kier molecular flexibility index (Phi) is 5.01. The van der Waals surface area contributed by atoms with Crippen LogP contribution in [-0.2, 0) is 0 Å². The van der Waals surface area contributed by atoms with E-state index in [4.69, 9.17) is 21.3 Å². The topological polar surface area (TPSA) is 37.9 Å². The molecule has 0 spiro atoms. The van der Waals surface area contributed by atoms with Crippen molar-refractivity contribution < 1.29 is 4.74 Å². The first-order valence-corrected chi connectivity index (χ1v) is 9.58. The summed E-state index contributed by atoms with van der Waals surface area (Å²) in [6, 6.07) is 23.8. The summed E-state index contributed by atoms with van der Waals surface area (Å²) in [5, 5.41) is 0.684. The number of imidazole rings is 1. The molecule has 0 radical (unpaired) electrons. The van der Waals surface area contributed by atoms with Crippen LogP contribution < -0.4 is 4.74 Å². The van der Waals surface area contributed by atoms with Gasteiger partial charge >= 0.3 is 0 Å². The van der Waals surface area contributed by atoms with Gasteiger partial charge in [-0.2, -0.15) is 0 Å². The molecule has 4 rings (SSSR count). The monoisotopic (exact) mass is 438 g/mol. The van der Waals surface area contributed by atoms with Gasteiger partial charge in [0, 0.05) is 21.7 Å². The normalized spacial score (nSPS) is 10.8. The average Bonchev–Trinajstić information content (AvgIpc) is 3.14. The van der Waals surface area contributed by atoms with E-state index < -0.39 is 0 Å². The van der Waals surface area contributed by atoms with Crippen molar-refractivity contribution in [1.82, 2.24) is 9.97 Å². The highest BCUT2D eigenvalue weighted by Gasteiger charge is 2.16. The summed E-state index contributed by atoms with van der Waals surface area (Å²) in [6.07, 6.45) is 0. The average molecular weight is 440 g/mol. The van der Waals surface area contributed by atoms with E-state index in [1.54, 1.807) is 7.11 Å². The van der Waals surface area contributed by atoms with Gasteiger partial charge in [-0.3, -0.25) is 0 Å².